The van der Waals surface area contributed by atoms with Crippen molar-refractivity contribution < 1.29 is 0 Å². The summed E-state index contributed by atoms with van der Waals surface area (Å²) in [6.07, 6.45) is 9.84. The molecule has 14 heavy (non-hydrogen) atoms. The van der Waals surface area contributed by atoms with Gasteiger partial charge in [-0.2, -0.15) is 0 Å². The minimum absolute atomic E-state index is 0.518. The van der Waals surface area contributed by atoms with Gasteiger partial charge in [0.2, 0.25) is 0 Å². The van der Waals surface area contributed by atoms with Crippen molar-refractivity contribution in [2.24, 2.45) is 11.1 Å². The van der Waals surface area contributed by atoms with Crippen LogP contribution in [0.4, 0.5) is 0 Å². The van der Waals surface area contributed by atoms with Crippen molar-refractivity contribution in [3.05, 3.63) is 0 Å². The Morgan fingerprint density at radius 1 is 0.929 bits per heavy atom. The van der Waals surface area contributed by atoms with E-state index in [1.165, 1.54) is 64.6 Å². The van der Waals surface area contributed by atoms with Crippen LogP contribution in [0.2, 0.25) is 0 Å². The van der Waals surface area contributed by atoms with E-state index in [4.69, 9.17) is 5.73 Å². The lowest BCUT2D eigenvalue weighted by Crippen LogP contribution is -2.47. The zero-order valence-corrected chi connectivity index (χ0v) is 9.30. The molecule has 0 spiro atoms. The molecule has 2 N–H and O–H groups in total. The molecule has 1 saturated heterocycles. The first-order valence-corrected chi connectivity index (χ1v) is 6.27. The van der Waals surface area contributed by atoms with E-state index in [-0.39, 0.29) is 0 Å². The van der Waals surface area contributed by atoms with Crippen LogP contribution in [-0.4, -0.2) is 31.1 Å². The molecule has 0 aromatic carbocycles. The average molecular weight is 196 g/mol. The van der Waals surface area contributed by atoms with Crippen molar-refractivity contribution in [2.45, 2.75) is 44.9 Å². The summed E-state index contributed by atoms with van der Waals surface area (Å²) >= 11 is 0. The van der Waals surface area contributed by atoms with Crippen molar-refractivity contribution in [1.82, 2.24) is 4.90 Å². The second-order valence-electron chi connectivity index (χ2n) is 5.25. The fourth-order valence-corrected chi connectivity index (χ4v) is 2.87. The molecule has 0 bridgehead atoms. The molecule has 2 fully saturated rings. The van der Waals surface area contributed by atoms with Crippen LogP contribution in [0.1, 0.15) is 44.9 Å². The summed E-state index contributed by atoms with van der Waals surface area (Å²) in [6.45, 7) is 4.83. The van der Waals surface area contributed by atoms with Crippen molar-refractivity contribution >= 4 is 0 Å². The molecule has 0 atom stereocenters. The van der Waals surface area contributed by atoms with E-state index in [0.29, 0.717) is 5.41 Å². The molecule has 2 nitrogen and oxygen atoms in total. The zero-order valence-electron chi connectivity index (χ0n) is 9.30. The molecule has 1 aliphatic heterocycles. The fraction of sp³-hybridized carbons (Fsp3) is 1.00. The maximum Gasteiger partial charge on any atom is 0.00501 e. The lowest BCUT2D eigenvalue weighted by atomic mass is 9.68. The second-order valence-corrected chi connectivity index (χ2v) is 5.25. The lowest BCUT2D eigenvalue weighted by Gasteiger charge is -2.44. The van der Waals surface area contributed by atoms with Crippen molar-refractivity contribution in [3.63, 3.8) is 0 Å². The molecule has 1 saturated carbocycles. The van der Waals surface area contributed by atoms with E-state index in [9.17, 15) is 0 Å². The SMILES string of the molecule is NCC1(CN2CCCCCC2)CCC1. The zero-order chi connectivity index (χ0) is 9.86. The molecule has 0 amide bonds. The first-order chi connectivity index (χ1) is 6.85. The minimum atomic E-state index is 0.518. The number of likely N-dealkylation sites (tertiary alicyclic amines) is 1. The van der Waals surface area contributed by atoms with Gasteiger partial charge in [0.25, 0.3) is 0 Å². The summed E-state index contributed by atoms with van der Waals surface area (Å²) in [5.74, 6) is 0. The van der Waals surface area contributed by atoms with Gasteiger partial charge in [-0.25, -0.2) is 0 Å². The normalized spacial score (nSPS) is 28.1. The Hall–Kier alpha value is -0.0800. The van der Waals surface area contributed by atoms with E-state index in [2.05, 4.69) is 4.90 Å². The van der Waals surface area contributed by atoms with Crippen molar-refractivity contribution in [2.75, 3.05) is 26.2 Å². The highest BCUT2D eigenvalue weighted by Crippen LogP contribution is 2.40. The van der Waals surface area contributed by atoms with Crippen LogP contribution in [0.25, 0.3) is 0 Å². The Balaban J connectivity index is 1.82. The highest BCUT2D eigenvalue weighted by molar-refractivity contribution is 4.91. The molecule has 2 heteroatoms. The maximum atomic E-state index is 5.90. The Morgan fingerprint density at radius 2 is 1.57 bits per heavy atom. The first-order valence-electron chi connectivity index (χ1n) is 6.27. The predicted molar refractivity (Wildman–Crippen MR) is 60.2 cm³/mol. The van der Waals surface area contributed by atoms with Crippen molar-refractivity contribution in [3.8, 4) is 0 Å². The summed E-state index contributed by atoms with van der Waals surface area (Å²) in [5, 5.41) is 0. The Kier molecular flexibility index (Phi) is 3.45. The third-order valence-electron chi connectivity index (χ3n) is 4.10. The molecular formula is C12H24N2. The molecule has 0 unspecified atom stereocenters. The topological polar surface area (TPSA) is 29.3 Å². The molecule has 0 radical (unpaired) electrons. The van der Waals surface area contributed by atoms with Gasteiger partial charge in [-0.3, -0.25) is 0 Å². The number of hydrogen-bond acceptors (Lipinski definition) is 2. The van der Waals surface area contributed by atoms with Gasteiger partial charge in [-0.1, -0.05) is 19.3 Å². The number of rotatable bonds is 3. The molecular weight excluding hydrogens is 172 g/mol. The van der Waals surface area contributed by atoms with Gasteiger partial charge < -0.3 is 10.6 Å². The molecule has 2 aliphatic rings. The summed E-state index contributed by atoms with van der Waals surface area (Å²) in [6, 6.07) is 0. The first kappa shape index (κ1) is 10.4. The highest BCUT2D eigenvalue weighted by atomic mass is 15.1. The smallest absolute Gasteiger partial charge is 0.00501 e. The lowest BCUT2D eigenvalue weighted by molar-refractivity contribution is 0.0765. The molecule has 2 rings (SSSR count). The monoisotopic (exact) mass is 196 g/mol. The van der Waals surface area contributed by atoms with E-state index in [0.717, 1.165) is 6.54 Å². The van der Waals surface area contributed by atoms with Crippen LogP contribution >= 0.6 is 0 Å². The molecule has 1 aliphatic carbocycles. The van der Waals surface area contributed by atoms with Crippen LogP contribution in [-0.2, 0) is 0 Å². The predicted octanol–water partition coefficient (Wildman–Crippen LogP) is 1.99. The van der Waals surface area contributed by atoms with E-state index in [1.807, 2.05) is 0 Å². The van der Waals surface area contributed by atoms with Crippen LogP contribution in [0, 0.1) is 5.41 Å². The third kappa shape index (κ3) is 2.29. The fourth-order valence-electron chi connectivity index (χ4n) is 2.87. The van der Waals surface area contributed by atoms with Gasteiger partial charge in [0.05, 0.1) is 0 Å². The maximum absolute atomic E-state index is 5.90. The summed E-state index contributed by atoms with van der Waals surface area (Å²) in [7, 11) is 0. The largest absolute Gasteiger partial charge is 0.330 e. The summed E-state index contributed by atoms with van der Waals surface area (Å²) in [4.78, 5) is 2.67. The molecule has 1 heterocycles. The van der Waals surface area contributed by atoms with Gasteiger partial charge in [-0.15, -0.1) is 0 Å². The Morgan fingerprint density at radius 3 is 2.00 bits per heavy atom. The van der Waals surface area contributed by atoms with Gasteiger partial charge in [0.15, 0.2) is 0 Å². The highest BCUT2D eigenvalue weighted by Gasteiger charge is 2.36. The van der Waals surface area contributed by atoms with Gasteiger partial charge in [0.1, 0.15) is 0 Å². The molecule has 0 aromatic heterocycles. The average Bonchev–Trinajstić information content (AvgIpc) is 2.39. The van der Waals surface area contributed by atoms with E-state index >= 15 is 0 Å². The Bertz CT molecular complexity index is 162. The van der Waals surface area contributed by atoms with Crippen molar-refractivity contribution in [1.29, 1.82) is 0 Å². The number of nitrogens with two attached hydrogens (primary N) is 1. The number of nitrogens with zero attached hydrogens (tertiary/aromatic N) is 1. The van der Waals surface area contributed by atoms with Gasteiger partial charge >= 0.3 is 0 Å². The van der Waals surface area contributed by atoms with E-state index < -0.39 is 0 Å². The summed E-state index contributed by atoms with van der Waals surface area (Å²) < 4.78 is 0. The van der Waals surface area contributed by atoms with Crippen LogP contribution < -0.4 is 5.73 Å². The van der Waals surface area contributed by atoms with Crippen LogP contribution in [0.15, 0.2) is 0 Å². The molecule has 0 aromatic rings. The third-order valence-corrected chi connectivity index (χ3v) is 4.10. The summed E-state index contributed by atoms with van der Waals surface area (Å²) in [5.41, 5.74) is 6.42. The van der Waals surface area contributed by atoms with E-state index in [1.54, 1.807) is 0 Å². The quantitative estimate of drug-likeness (QED) is 0.748. The van der Waals surface area contributed by atoms with Crippen LogP contribution in [0.3, 0.4) is 0 Å². The van der Waals surface area contributed by atoms with Gasteiger partial charge in [0, 0.05) is 6.54 Å². The number of hydrogen-bond donors (Lipinski definition) is 1. The second kappa shape index (κ2) is 4.63. The standard InChI is InChI=1S/C12H24N2/c13-10-12(6-5-7-12)11-14-8-3-1-2-4-9-14/h1-11,13H2. The molecule has 82 valence electrons. The van der Waals surface area contributed by atoms with Gasteiger partial charge in [-0.05, 0) is 50.7 Å². The Labute approximate surface area is 87.8 Å². The minimum Gasteiger partial charge on any atom is -0.330 e. The van der Waals surface area contributed by atoms with Crippen LogP contribution in [0.5, 0.6) is 0 Å².